The zero-order valence-electron chi connectivity index (χ0n) is 31.5. The molecule has 0 radical (unpaired) electrons. The Labute approximate surface area is 289 Å². The number of ether oxygens (including phenoxy) is 1. The predicted molar refractivity (Wildman–Crippen MR) is 204 cm³/mol. The Morgan fingerprint density at radius 1 is 0.413 bits per heavy atom. The number of carbonyl (C=O) groups excluding carboxylic acids is 1. The highest BCUT2D eigenvalue weighted by Gasteiger charge is 2.03. The van der Waals surface area contributed by atoms with Crippen LogP contribution in [-0.4, -0.2) is 24.3 Å². The molecule has 0 aromatic heterocycles. The van der Waals surface area contributed by atoms with Gasteiger partial charge >= 0.3 is 5.97 Å². The highest BCUT2D eigenvalue weighted by molar-refractivity contribution is 5.69. The molecule has 0 bridgehead atoms. The topological polar surface area (TPSA) is 46.5 Å². The molecule has 0 amide bonds. The molecule has 0 aromatic carbocycles. The van der Waals surface area contributed by atoms with Crippen LogP contribution in [0.1, 0.15) is 244 Å². The predicted octanol–water partition coefficient (Wildman–Crippen LogP) is 14.5. The van der Waals surface area contributed by atoms with Gasteiger partial charge in [-0.25, -0.2) is 0 Å². The highest BCUT2D eigenvalue weighted by Crippen LogP contribution is 2.16. The zero-order valence-corrected chi connectivity index (χ0v) is 31.5. The number of aliphatic hydroxyl groups excluding tert-OH is 1. The van der Waals surface area contributed by atoms with E-state index in [-0.39, 0.29) is 5.97 Å². The SMILES string of the molecule is CCCCCCCCC=CCCCCCCCCCCCC(=O)OCCCCCCCCCCCCCCCCCCCCCO. The van der Waals surface area contributed by atoms with Gasteiger partial charge in [0.25, 0.3) is 0 Å². The largest absolute Gasteiger partial charge is 0.466 e. The summed E-state index contributed by atoms with van der Waals surface area (Å²) in [6.07, 6.45) is 53.1. The lowest BCUT2D eigenvalue weighted by Crippen LogP contribution is -2.05. The van der Waals surface area contributed by atoms with Crippen LogP contribution in [0.4, 0.5) is 0 Å². The van der Waals surface area contributed by atoms with E-state index >= 15 is 0 Å². The summed E-state index contributed by atoms with van der Waals surface area (Å²) in [5, 5.41) is 8.80. The summed E-state index contributed by atoms with van der Waals surface area (Å²) in [6, 6.07) is 0. The molecule has 0 aliphatic heterocycles. The van der Waals surface area contributed by atoms with Gasteiger partial charge in [0, 0.05) is 13.0 Å². The first-order valence-corrected chi connectivity index (χ1v) is 21.2. The van der Waals surface area contributed by atoms with E-state index in [1.54, 1.807) is 0 Å². The summed E-state index contributed by atoms with van der Waals surface area (Å²) in [6.45, 7) is 3.27. The smallest absolute Gasteiger partial charge is 0.305 e. The molecular formula is C43H84O3. The van der Waals surface area contributed by atoms with Gasteiger partial charge in [0.15, 0.2) is 0 Å². The highest BCUT2D eigenvalue weighted by atomic mass is 16.5. The zero-order chi connectivity index (χ0) is 33.3. The van der Waals surface area contributed by atoms with Crippen LogP contribution >= 0.6 is 0 Å². The second-order valence-corrected chi connectivity index (χ2v) is 14.4. The molecular weight excluding hydrogens is 564 g/mol. The Kier molecular flexibility index (Phi) is 41.4. The molecule has 46 heavy (non-hydrogen) atoms. The van der Waals surface area contributed by atoms with Gasteiger partial charge < -0.3 is 9.84 Å². The summed E-state index contributed by atoms with van der Waals surface area (Å²) in [7, 11) is 0. The number of esters is 1. The van der Waals surface area contributed by atoms with Gasteiger partial charge in [0.2, 0.25) is 0 Å². The van der Waals surface area contributed by atoms with E-state index in [1.807, 2.05) is 0 Å². The van der Waals surface area contributed by atoms with Crippen LogP contribution in [-0.2, 0) is 9.53 Å². The maximum atomic E-state index is 12.0. The van der Waals surface area contributed by atoms with Crippen molar-refractivity contribution in [2.45, 2.75) is 244 Å². The van der Waals surface area contributed by atoms with Crippen molar-refractivity contribution in [1.82, 2.24) is 0 Å². The lowest BCUT2D eigenvalue weighted by atomic mass is 10.0. The number of rotatable bonds is 40. The Bertz CT molecular complexity index is 587. The standard InChI is InChI=1S/C43H84O3/c1-2-3-4-5-6-7-8-9-10-11-13-16-19-22-25-28-31-34-37-40-43(45)46-42-39-36-33-30-27-24-21-18-15-12-14-17-20-23-26-29-32-35-38-41-44/h9-10,44H,2-8,11-42H2,1H3. The van der Waals surface area contributed by atoms with Crippen molar-refractivity contribution in [2.24, 2.45) is 0 Å². The molecule has 0 rings (SSSR count). The average molecular weight is 649 g/mol. The number of allylic oxidation sites excluding steroid dienone is 2. The fraction of sp³-hybridized carbons (Fsp3) is 0.930. The van der Waals surface area contributed by atoms with E-state index in [9.17, 15) is 4.79 Å². The van der Waals surface area contributed by atoms with Gasteiger partial charge in [0.05, 0.1) is 6.61 Å². The molecule has 3 heteroatoms. The molecule has 0 fully saturated rings. The quantitative estimate of drug-likeness (QED) is 0.0408. The fourth-order valence-electron chi connectivity index (χ4n) is 6.52. The molecule has 3 nitrogen and oxygen atoms in total. The normalized spacial score (nSPS) is 11.6. The van der Waals surface area contributed by atoms with Crippen molar-refractivity contribution in [3.8, 4) is 0 Å². The van der Waals surface area contributed by atoms with Gasteiger partial charge in [-0.3, -0.25) is 4.79 Å². The van der Waals surface area contributed by atoms with Crippen molar-refractivity contribution in [3.05, 3.63) is 12.2 Å². The number of aliphatic hydroxyl groups is 1. The fourth-order valence-corrected chi connectivity index (χ4v) is 6.52. The van der Waals surface area contributed by atoms with Gasteiger partial charge in [-0.1, -0.05) is 205 Å². The minimum absolute atomic E-state index is 0.0197. The average Bonchev–Trinajstić information content (AvgIpc) is 3.06. The van der Waals surface area contributed by atoms with Crippen molar-refractivity contribution in [1.29, 1.82) is 0 Å². The van der Waals surface area contributed by atoms with E-state index < -0.39 is 0 Å². The Morgan fingerprint density at radius 2 is 0.717 bits per heavy atom. The van der Waals surface area contributed by atoms with Gasteiger partial charge in [-0.15, -0.1) is 0 Å². The Hall–Kier alpha value is -0.830. The number of unbranched alkanes of at least 4 members (excludes halogenated alkanes) is 33. The molecule has 0 atom stereocenters. The summed E-state index contributed by atoms with van der Waals surface area (Å²) in [4.78, 5) is 12.0. The third kappa shape index (κ3) is 41.2. The molecule has 0 heterocycles. The molecule has 0 aliphatic rings. The van der Waals surface area contributed by atoms with Crippen molar-refractivity contribution in [3.63, 3.8) is 0 Å². The molecule has 0 aliphatic carbocycles. The summed E-state index contributed by atoms with van der Waals surface area (Å²) in [5.41, 5.74) is 0. The minimum Gasteiger partial charge on any atom is -0.466 e. The van der Waals surface area contributed by atoms with Crippen LogP contribution < -0.4 is 0 Å². The van der Waals surface area contributed by atoms with Crippen LogP contribution in [0.3, 0.4) is 0 Å². The number of hydrogen-bond acceptors (Lipinski definition) is 3. The minimum atomic E-state index is 0.0197. The van der Waals surface area contributed by atoms with Crippen molar-refractivity contribution < 1.29 is 14.6 Å². The van der Waals surface area contributed by atoms with E-state index in [1.165, 1.54) is 212 Å². The first-order chi connectivity index (χ1) is 22.8. The van der Waals surface area contributed by atoms with Crippen LogP contribution in [0.15, 0.2) is 12.2 Å². The second kappa shape index (κ2) is 42.2. The maximum Gasteiger partial charge on any atom is 0.305 e. The Balaban J connectivity index is 3.17. The third-order valence-corrected chi connectivity index (χ3v) is 9.71. The van der Waals surface area contributed by atoms with Gasteiger partial charge in [0.1, 0.15) is 0 Å². The first-order valence-electron chi connectivity index (χ1n) is 21.2. The first kappa shape index (κ1) is 45.2. The molecule has 1 N–H and O–H groups in total. The van der Waals surface area contributed by atoms with E-state index in [0.29, 0.717) is 19.6 Å². The van der Waals surface area contributed by atoms with E-state index in [0.717, 1.165) is 19.3 Å². The van der Waals surface area contributed by atoms with Gasteiger partial charge in [-0.2, -0.15) is 0 Å². The molecule has 0 saturated carbocycles. The molecule has 0 spiro atoms. The molecule has 0 aromatic rings. The lowest BCUT2D eigenvalue weighted by molar-refractivity contribution is -0.143. The van der Waals surface area contributed by atoms with Gasteiger partial charge in [-0.05, 0) is 44.9 Å². The maximum absolute atomic E-state index is 12.0. The summed E-state index contributed by atoms with van der Waals surface area (Å²) in [5.74, 6) is 0.0197. The number of hydrogen-bond donors (Lipinski definition) is 1. The summed E-state index contributed by atoms with van der Waals surface area (Å²) >= 11 is 0. The van der Waals surface area contributed by atoms with Crippen LogP contribution in [0, 0.1) is 0 Å². The molecule has 0 saturated heterocycles. The van der Waals surface area contributed by atoms with Crippen molar-refractivity contribution in [2.75, 3.05) is 13.2 Å². The molecule has 274 valence electrons. The molecule has 0 unspecified atom stereocenters. The van der Waals surface area contributed by atoms with E-state index in [4.69, 9.17) is 9.84 Å². The van der Waals surface area contributed by atoms with Crippen molar-refractivity contribution >= 4 is 5.97 Å². The van der Waals surface area contributed by atoms with Crippen LogP contribution in [0.2, 0.25) is 0 Å². The Morgan fingerprint density at radius 3 is 1.09 bits per heavy atom. The third-order valence-electron chi connectivity index (χ3n) is 9.71. The van der Waals surface area contributed by atoms with Crippen LogP contribution in [0.5, 0.6) is 0 Å². The number of carbonyl (C=O) groups is 1. The van der Waals surface area contributed by atoms with E-state index in [2.05, 4.69) is 19.1 Å². The monoisotopic (exact) mass is 649 g/mol. The lowest BCUT2D eigenvalue weighted by Gasteiger charge is -2.06. The van der Waals surface area contributed by atoms with Crippen LogP contribution in [0.25, 0.3) is 0 Å². The summed E-state index contributed by atoms with van der Waals surface area (Å²) < 4.78 is 5.46. The second-order valence-electron chi connectivity index (χ2n) is 14.4.